The molecule has 1 amide bonds. The second kappa shape index (κ2) is 9.03. The number of carbonyl (C=O) groups excluding carboxylic acids is 1. The first-order valence-electron chi connectivity index (χ1n) is 11.6. The molecule has 36 heavy (non-hydrogen) atoms. The number of nitrogens with zero attached hydrogens (tertiary/aromatic N) is 3. The first-order valence-corrected chi connectivity index (χ1v) is 11.6. The van der Waals surface area contributed by atoms with E-state index in [0.29, 0.717) is 25.1 Å². The van der Waals surface area contributed by atoms with Crippen LogP contribution in [-0.2, 0) is 11.3 Å². The van der Waals surface area contributed by atoms with E-state index < -0.39 is 6.61 Å². The number of hydrogen-bond acceptors (Lipinski definition) is 5. The largest absolute Gasteiger partial charge is 0.452 e. The van der Waals surface area contributed by atoms with Gasteiger partial charge in [-0.2, -0.15) is 8.78 Å². The first-order chi connectivity index (χ1) is 17.6. The van der Waals surface area contributed by atoms with Gasteiger partial charge in [0.1, 0.15) is 5.58 Å². The fourth-order valence-electron chi connectivity index (χ4n) is 4.94. The molecule has 1 fully saturated rings. The monoisotopic (exact) mass is 485 g/mol. The van der Waals surface area contributed by atoms with E-state index in [1.165, 1.54) is 6.07 Å². The molecule has 1 aliphatic rings. The first kappa shape index (κ1) is 22.2. The number of fused-ring (bicyclic) bond motifs is 3. The van der Waals surface area contributed by atoms with Gasteiger partial charge in [-0.3, -0.25) is 14.8 Å². The number of amides is 1. The summed E-state index contributed by atoms with van der Waals surface area (Å²) in [6.45, 7) is -1.96. The van der Waals surface area contributed by atoms with Crippen molar-refractivity contribution in [3.63, 3.8) is 0 Å². The van der Waals surface area contributed by atoms with Gasteiger partial charge < -0.3 is 14.1 Å². The van der Waals surface area contributed by atoms with Crippen molar-refractivity contribution >= 4 is 27.8 Å². The van der Waals surface area contributed by atoms with Gasteiger partial charge in [0, 0.05) is 54.2 Å². The van der Waals surface area contributed by atoms with Crippen LogP contribution in [0.3, 0.4) is 0 Å². The third-order valence-electron chi connectivity index (χ3n) is 6.58. The molecule has 0 bridgehead atoms. The molecule has 0 aliphatic carbocycles. The standard InChI is InChI=1S/C28H21F2N3O3/c29-28(30)36-24-10-9-20(26-21-3-1-2-4-23(21)35-27(24)26)19-13-25(34)33(16-19)15-17-5-7-18(8-6-17)22-14-31-11-12-32-22/h1-12,14,19,28H,13,15-16H2. The smallest absolute Gasteiger partial charge is 0.387 e. The Morgan fingerprint density at radius 1 is 1.06 bits per heavy atom. The Balaban J connectivity index is 1.28. The summed E-state index contributed by atoms with van der Waals surface area (Å²) in [7, 11) is 0. The number of furan rings is 1. The topological polar surface area (TPSA) is 68.5 Å². The van der Waals surface area contributed by atoms with Crippen LogP contribution in [0.5, 0.6) is 5.75 Å². The summed E-state index contributed by atoms with van der Waals surface area (Å²) >= 11 is 0. The highest BCUT2D eigenvalue weighted by Crippen LogP contribution is 2.42. The van der Waals surface area contributed by atoms with E-state index in [2.05, 4.69) is 9.97 Å². The molecular formula is C28H21F2N3O3. The number of aromatic nitrogens is 2. The number of para-hydroxylation sites is 1. The fourth-order valence-corrected chi connectivity index (χ4v) is 4.94. The Labute approximate surface area is 205 Å². The van der Waals surface area contributed by atoms with Crippen LogP contribution < -0.4 is 4.74 Å². The zero-order valence-electron chi connectivity index (χ0n) is 19.1. The molecule has 1 unspecified atom stereocenters. The molecule has 0 spiro atoms. The van der Waals surface area contributed by atoms with E-state index in [0.717, 1.165) is 33.2 Å². The van der Waals surface area contributed by atoms with Gasteiger partial charge >= 0.3 is 6.61 Å². The van der Waals surface area contributed by atoms with E-state index in [1.807, 2.05) is 47.4 Å². The van der Waals surface area contributed by atoms with Crippen molar-refractivity contribution in [2.75, 3.05) is 6.54 Å². The SMILES string of the molecule is O=C1CC(c2ccc(OC(F)F)c3oc4ccccc4c23)CN1Cc1ccc(-c2cnccn2)cc1. The van der Waals surface area contributed by atoms with Gasteiger partial charge in [0.25, 0.3) is 0 Å². The number of carbonyl (C=O) groups is 1. The minimum atomic E-state index is -2.96. The molecular weight excluding hydrogens is 464 g/mol. The maximum Gasteiger partial charge on any atom is 0.387 e. The number of ether oxygens (including phenoxy) is 1. The highest BCUT2D eigenvalue weighted by Gasteiger charge is 2.33. The van der Waals surface area contributed by atoms with Crippen LogP contribution in [0.1, 0.15) is 23.5 Å². The van der Waals surface area contributed by atoms with E-state index in [4.69, 9.17) is 9.15 Å². The molecule has 3 heterocycles. The number of hydrogen-bond donors (Lipinski definition) is 0. The molecule has 6 nitrogen and oxygen atoms in total. The van der Waals surface area contributed by atoms with Gasteiger partial charge in [-0.1, -0.05) is 48.5 Å². The second-order valence-corrected chi connectivity index (χ2v) is 8.80. The Hall–Kier alpha value is -4.33. The predicted octanol–water partition coefficient (Wildman–Crippen LogP) is 6.16. The minimum Gasteiger partial charge on any atom is -0.452 e. The summed E-state index contributed by atoms with van der Waals surface area (Å²) in [5.41, 5.74) is 4.51. The number of rotatable bonds is 6. The summed E-state index contributed by atoms with van der Waals surface area (Å²) in [4.78, 5) is 23.2. The molecule has 1 atom stereocenters. The third kappa shape index (κ3) is 4.04. The van der Waals surface area contributed by atoms with Crippen LogP contribution in [-0.4, -0.2) is 33.9 Å². The lowest BCUT2D eigenvalue weighted by Crippen LogP contribution is -2.24. The molecule has 0 N–H and O–H groups in total. The van der Waals surface area contributed by atoms with E-state index in [1.54, 1.807) is 30.7 Å². The average Bonchev–Trinajstić information content (AvgIpc) is 3.46. The van der Waals surface area contributed by atoms with Gasteiger partial charge in [-0.25, -0.2) is 0 Å². The fraction of sp³-hybridized carbons (Fsp3) is 0.179. The highest BCUT2D eigenvalue weighted by molar-refractivity contribution is 6.09. The molecule has 8 heteroatoms. The highest BCUT2D eigenvalue weighted by atomic mass is 19.3. The van der Waals surface area contributed by atoms with Crippen molar-refractivity contribution in [1.82, 2.24) is 14.9 Å². The Morgan fingerprint density at radius 3 is 2.67 bits per heavy atom. The van der Waals surface area contributed by atoms with E-state index >= 15 is 0 Å². The summed E-state index contributed by atoms with van der Waals surface area (Å²) < 4.78 is 36.7. The maximum atomic E-state index is 13.0. The van der Waals surface area contributed by atoms with Crippen LogP contribution in [0.2, 0.25) is 0 Å². The Bertz CT molecular complexity index is 1550. The van der Waals surface area contributed by atoms with E-state index in [-0.39, 0.29) is 23.2 Å². The molecule has 0 saturated carbocycles. The van der Waals surface area contributed by atoms with Crippen molar-refractivity contribution in [1.29, 1.82) is 0 Å². The summed E-state index contributed by atoms with van der Waals surface area (Å²) in [5, 5.41) is 1.53. The number of benzene rings is 3. The van der Waals surface area contributed by atoms with Crippen LogP contribution in [0.15, 0.2) is 83.7 Å². The maximum absolute atomic E-state index is 13.0. The van der Waals surface area contributed by atoms with Crippen LogP contribution in [0.4, 0.5) is 8.78 Å². The van der Waals surface area contributed by atoms with Crippen molar-refractivity contribution in [3.8, 4) is 17.0 Å². The lowest BCUT2D eigenvalue weighted by molar-refractivity contribution is -0.128. The molecule has 6 rings (SSSR count). The minimum absolute atomic E-state index is 0.00988. The number of halogens is 2. The average molecular weight is 485 g/mol. The van der Waals surface area contributed by atoms with Crippen LogP contribution in [0, 0.1) is 0 Å². The molecule has 0 radical (unpaired) electrons. The quantitative estimate of drug-likeness (QED) is 0.288. The normalized spacial score (nSPS) is 15.9. The van der Waals surface area contributed by atoms with E-state index in [9.17, 15) is 13.6 Å². The number of likely N-dealkylation sites (tertiary alicyclic amines) is 1. The van der Waals surface area contributed by atoms with Crippen molar-refractivity contribution in [3.05, 3.63) is 90.4 Å². The zero-order chi connectivity index (χ0) is 24.6. The molecule has 180 valence electrons. The van der Waals surface area contributed by atoms with Gasteiger partial charge in [0.05, 0.1) is 11.9 Å². The number of alkyl halides is 2. The summed E-state index contributed by atoms with van der Waals surface area (Å²) in [5.74, 6) is -0.0587. The molecule has 2 aromatic heterocycles. The van der Waals surface area contributed by atoms with Crippen LogP contribution >= 0.6 is 0 Å². The molecule has 1 saturated heterocycles. The zero-order valence-corrected chi connectivity index (χ0v) is 19.1. The van der Waals surface area contributed by atoms with Crippen LogP contribution in [0.25, 0.3) is 33.2 Å². The second-order valence-electron chi connectivity index (χ2n) is 8.80. The molecule has 3 aromatic carbocycles. The Kier molecular flexibility index (Phi) is 5.56. The van der Waals surface area contributed by atoms with Gasteiger partial charge in [-0.05, 0) is 23.3 Å². The van der Waals surface area contributed by atoms with Gasteiger partial charge in [-0.15, -0.1) is 0 Å². The molecule has 5 aromatic rings. The predicted molar refractivity (Wildman–Crippen MR) is 131 cm³/mol. The van der Waals surface area contributed by atoms with Crippen molar-refractivity contribution in [2.24, 2.45) is 0 Å². The van der Waals surface area contributed by atoms with Gasteiger partial charge in [0.2, 0.25) is 5.91 Å². The lowest BCUT2D eigenvalue weighted by atomic mass is 9.93. The summed E-state index contributed by atoms with van der Waals surface area (Å²) in [6.07, 6.45) is 5.33. The van der Waals surface area contributed by atoms with Gasteiger partial charge in [0.15, 0.2) is 11.3 Å². The third-order valence-corrected chi connectivity index (χ3v) is 6.58. The molecule has 1 aliphatic heterocycles. The lowest BCUT2D eigenvalue weighted by Gasteiger charge is -2.18. The Morgan fingerprint density at radius 2 is 1.89 bits per heavy atom. The van der Waals surface area contributed by atoms with Crippen molar-refractivity contribution < 1.29 is 22.7 Å². The summed E-state index contributed by atoms with van der Waals surface area (Å²) in [6, 6.07) is 18.6. The van der Waals surface area contributed by atoms with Crippen molar-refractivity contribution in [2.45, 2.75) is 25.5 Å².